The Morgan fingerprint density at radius 2 is 2.28 bits per heavy atom. The van der Waals surface area contributed by atoms with Gasteiger partial charge in [0.15, 0.2) is 0 Å². The molecule has 102 valence electrons. The summed E-state index contributed by atoms with van der Waals surface area (Å²) in [4.78, 5) is 11.9. The van der Waals surface area contributed by atoms with E-state index in [0.29, 0.717) is 12.2 Å². The van der Waals surface area contributed by atoms with Gasteiger partial charge in [-0.1, -0.05) is 20.8 Å². The maximum Gasteiger partial charge on any atom is 0.241 e. The van der Waals surface area contributed by atoms with Crippen molar-refractivity contribution in [3.63, 3.8) is 0 Å². The third kappa shape index (κ3) is 4.37. The first-order chi connectivity index (χ1) is 8.32. The van der Waals surface area contributed by atoms with E-state index in [1.54, 1.807) is 12.3 Å². The molecule has 18 heavy (non-hydrogen) atoms. The number of amides is 1. The third-order valence-electron chi connectivity index (χ3n) is 2.77. The molecule has 0 spiro atoms. The predicted octanol–water partition coefficient (Wildman–Crippen LogP) is 0.379. The second-order valence-electron chi connectivity index (χ2n) is 5.44. The predicted molar refractivity (Wildman–Crippen MR) is 69.7 cm³/mol. The van der Waals surface area contributed by atoms with E-state index in [1.165, 1.54) is 4.68 Å². The molecule has 0 radical (unpaired) electrons. The van der Waals surface area contributed by atoms with Crippen molar-refractivity contribution in [3.05, 3.63) is 12.3 Å². The fraction of sp³-hybridized carbons (Fsp3) is 0.667. The molecule has 4 N–H and O–H groups in total. The van der Waals surface area contributed by atoms with Crippen molar-refractivity contribution in [2.75, 3.05) is 12.3 Å². The minimum absolute atomic E-state index is 0.0525. The van der Waals surface area contributed by atoms with Crippen LogP contribution in [0, 0.1) is 5.41 Å². The zero-order valence-corrected chi connectivity index (χ0v) is 11.2. The monoisotopic (exact) mass is 254 g/mol. The quantitative estimate of drug-likeness (QED) is 0.708. The topological polar surface area (TPSA) is 93.2 Å². The normalized spacial score (nSPS) is 13.3. The number of aliphatic hydroxyl groups is 1. The van der Waals surface area contributed by atoms with Crippen molar-refractivity contribution in [3.8, 4) is 0 Å². The van der Waals surface area contributed by atoms with E-state index in [9.17, 15) is 4.79 Å². The first-order valence-corrected chi connectivity index (χ1v) is 6.02. The van der Waals surface area contributed by atoms with Gasteiger partial charge in [0.2, 0.25) is 5.91 Å². The lowest BCUT2D eigenvalue weighted by Crippen LogP contribution is -2.45. The summed E-state index contributed by atoms with van der Waals surface area (Å²) in [6, 6.07) is 1.57. The Hall–Kier alpha value is -1.56. The first kappa shape index (κ1) is 14.5. The third-order valence-corrected chi connectivity index (χ3v) is 2.77. The largest absolute Gasteiger partial charge is 0.396 e. The van der Waals surface area contributed by atoms with Crippen LogP contribution in [-0.4, -0.2) is 33.4 Å². The van der Waals surface area contributed by atoms with Crippen LogP contribution < -0.4 is 11.1 Å². The van der Waals surface area contributed by atoms with Crippen molar-refractivity contribution < 1.29 is 9.90 Å². The summed E-state index contributed by atoms with van der Waals surface area (Å²) in [6.45, 7) is 6.27. The molecule has 0 fully saturated rings. The SMILES string of the molecule is CC(C)(C)C(CCO)NC(=O)Cn1ccc(N)n1. The molecule has 1 heterocycles. The highest BCUT2D eigenvalue weighted by molar-refractivity contribution is 5.76. The van der Waals surface area contributed by atoms with E-state index in [0.717, 1.165) is 0 Å². The van der Waals surface area contributed by atoms with Crippen molar-refractivity contribution >= 4 is 11.7 Å². The van der Waals surface area contributed by atoms with E-state index in [4.69, 9.17) is 10.8 Å². The standard InChI is InChI=1S/C12H22N4O2/c1-12(2,3)9(5-7-17)14-11(18)8-16-6-4-10(13)15-16/h4,6,9,17H,5,7-8H2,1-3H3,(H2,13,15)(H,14,18). The highest BCUT2D eigenvalue weighted by Crippen LogP contribution is 2.21. The molecule has 1 amide bonds. The number of nitrogens with one attached hydrogen (secondary N) is 1. The number of carbonyl (C=O) groups excluding carboxylic acids is 1. The molecular weight excluding hydrogens is 232 g/mol. The number of nitrogen functional groups attached to an aromatic ring is 1. The average Bonchev–Trinajstić information content (AvgIpc) is 2.62. The Balaban J connectivity index is 2.56. The smallest absolute Gasteiger partial charge is 0.241 e. The maximum atomic E-state index is 11.9. The molecular formula is C12H22N4O2. The number of anilines is 1. The molecule has 1 unspecified atom stereocenters. The van der Waals surface area contributed by atoms with Gasteiger partial charge in [-0.3, -0.25) is 9.48 Å². The average molecular weight is 254 g/mol. The van der Waals surface area contributed by atoms with Crippen LogP contribution in [0.15, 0.2) is 12.3 Å². The van der Waals surface area contributed by atoms with Gasteiger partial charge in [0.05, 0.1) is 0 Å². The van der Waals surface area contributed by atoms with Crippen LogP contribution >= 0.6 is 0 Å². The molecule has 6 heteroatoms. The lowest BCUT2D eigenvalue weighted by atomic mass is 9.85. The van der Waals surface area contributed by atoms with Crippen LogP contribution in [0.4, 0.5) is 5.82 Å². The van der Waals surface area contributed by atoms with Gasteiger partial charge in [-0.05, 0) is 17.9 Å². The number of hydrogen-bond acceptors (Lipinski definition) is 4. The fourth-order valence-electron chi connectivity index (χ4n) is 1.70. The number of aromatic nitrogens is 2. The number of rotatable bonds is 5. The van der Waals surface area contributed by atoms with Crippen LogP contribution in [0.3, 0.4) is 0 Å². The van der Waals surface area contributed by atoms with Gasteiger partial charge in [0.1, 0.15) is 12.4 Å². The zero-order valence-electron chi connectivity index (χ0n) is 11.2. The Morgan fingerprint density at radius 1 is 1.61 bits per heavy atom. The van der Waals surface area contributed by atoms with Crippen LogP contribution in [0.5, 0.6) is 0 Å². The van der Waals surface area contributed by atoms with E-state index in [2.05, 4.69) is 10.4 Å². The first-order valence-electron chi connectivity index (χ1n) is 6.02. The number of aliphatic hydroxyl groups excluding tert-OH is 1. The molecule has 1 rings (SSSR count). The summed E-state index contributed by atoms with van der Waals surface area (Å²) in [7, 11) is 0. The lowest BCUT2D eigenvalue weighted by molar-refractivity contribution is -0.123. The van der Waals surface area contributed by atoms with Gasteiger partial charge < -0.3 is 16.2 Å². The minimum atomic E-state index is -0.133. The molecule has 1 aromatic rings. The van der Waals surface area contributed by atoms with Crippen LogP contribution in [-0.2, 0) is 11.3 Å². The summed E-state index contributed by atoms with van der Waals surface area (Å²) in [5.41, 5.74) is 5.38. The van der Waals surface area contributed by atoms with Gasteiger partial charge in [-0.15, -0.1) is 0 Å². The number of hydrogen-bond donors (Lipinski definition) is 3. The second kappa shape index (κ2) is 5.86. The minimum Gasteiger partial charge on any atom is -0.396 e. The summed E-state index contributed by atoms with van der Waals surface area (Å²) in [5.74, 6) is 0.261. The molecule has 0 saturated heterocycles. The van der Waals surface area contributed by atoms with Crippen LogP contribution in [0.2, 0.25) is 0 Å². The van der Waals surface area contributed by atoms with Gasteiger partial charge in [0, 0.05) is 18.8 Å². The lowest BCUT2D eigenvalue weighted by Gasteiger charge is -2.31. The number of nitrogens with two attached hydrogens (primary N) is 1. The molecule has 0 aliphatic carbocycles. The highest BCUT2D eigenvalue weighted by Gasteiger charge is 2.25. The zero-order chi connectivity index (χ0) is 13.8. The number of carbonyl (C=O) groups is 1. The van der Waals surface area contributed by atoms with Gasteiger partial charge >= 0.3 is 0 Å². The molecule has 1 atom stereocenters. The summed E-state index contributed by atoms with van der Waals surface area (Å²) in [6.07, 6.45) is 2.20. The Bertz CT molecular complexity index is 395. The van der Waals surface area contributed by atoms with E-state index < -0.39 is 0 Å². The molecule has 0 aliphatic heterocycles. The van der Waals surface area contributed by atoms with Crippen LogP contribution in [0.1, 0.15) is 27.2 Å². The summed E-state index contributed by atoms with van der Waals surface area (Å²) < 4.78 is 1.49. The molecule has 1 aromatic heterocycles. The van der Waals surface area contributed by atoms with Crippen LogP contribution in [0.25, 0.3) is 0 Å². The second-order valence-corrected chi connectivity index (χ2v) is 5.44. The van der Waals surface area contributed by atoms with E-state index >= 15 is 0 Å². The van der Waals surface area contributed by atoms with Crippen molar-refractivity contribution in [1.82, 2.24) is 15.1 Å². The molecule has 0 bridgehead atoms. The highest BCUT2D eigenvalue weighted by atomic mass is 16.3. The van der Waals surface area contributed by atoms with Crippen molar-refractivity contribution in [1.29, 1.82) is 0 Å². The Labute approximate surface area is 107 Å². The Kier molecular flexibility index (Phi) is 4.72. The fourth-order valence-corrected chi connectivity index (χ4v) is 1.70. The van der Waals surface area contributed by atoms with E-state index in [-0.39, 0.29) is 30.5 Å². The molecule has 0 aromatic carbocycles. The number of nitrogens with zero attached hydrogens (tertiary/aromatic N) is 2. The summed E-state index contributed by atoms with van der Waals surface area (Å²) in [5, 5.41) is 15.9. The van der Waals surface area contributed by atoms with Crippen molar-refractivity contribution in [2.24, 2.45) is 5.41 Å². The van der Waals surface area contributed by atoms with Crippen molar-refractivity contribution in [2.45, 2.75) is 39.8 Å². The molecule has 0 aliphatic rings. The van der Waals surface area contributed by atoms with Gasteiger partial charge in [-0.2, -0.15) is 5.10 Å². The van der Waals surface area contributed by atoms with Gasteiger partial charge in [0.25, 0.3) is 0 Å². The van der Waals surface area contributed by atoms with E-state index in [1.807, 2.05) is 20.8 Å². The molecule has 0 saturated carbocycles. The molecule has 6 nitrogen and oxygen atoms in total. The Morgan fingerprint density at radius 3 is 2.72 bits per heavy atom. The van der Waals surface area contributed by atoms with Gasteiger partial charge in [-0.25, -0.2) is 0 Å². The maximum absolute atomic E-state index is 11.9. The summed E-state index contributed by atoms with van der Waals surface area (Å²) >= 11 is 0.